The fourth-order valence-electron chi connectivity index (χ4n) is 1.46. The van der Waals surface area contributed by atoms with E-state index in [2.05, 4.69) is 10.3 Å². The SMILES string of the molecule is CC1=NC(=O)C(=CNc2ccccc2)C(O)=C1. The molecule has 1 aromatic rings. The predicted molar refractivity (Wildman–Crippen MR) is 67.0 cm³/mol. The first kappa shape index (κ1) is 11.1. The molecule has 1 aliphatic rings. The lowest BCUT2D eigenvalue weighted by Gasteiger charge is -2.09. The lowest BCUT2D eigenvalue weighted by molar-refractivity contribution is -0.114. The smallest absolute Gasteiger partial charge is 0.282 e. The average molecular weight is 228 g/mol. The third-order valence-corrected chi connectivity index (χ3v) is 2.29. The number of hydrogen-bond acceptors (Lipinski definition) is 3. The van der Waals surface area contributed by atoms with E-state index in [0.29, 0.717) is 5.71 Å². The largest absolute Gasteiger partial charge is 0.507 e. The van der Waals surface area contributed by atoms with Gasteiger partial charge in [0, 0.05) is 23.7 Å². The molecule has 2 N–H and O–H groups in total. The standard InChI is InChI=1S/C13H12N2O2/c1-9-7-12(16)11(13(17)15-9)8-14-10-5-3-2-4-6-10/h2-8,14,16H,1H3. The number of para-hydroxylation sites is 1. The minimum atomic E-state index is -0.439. The Morgan fingerprint density at radius 1 is 1.29 bits per heavy atom. The number of allylic oxidation sites excluding steroid dienone is 1. The summed E-state index contributed by atoms with van der Waals surface area (Å²) in [5.74, 6) is -0.503. The quantitative estimate of drug-likeness (QED) is 0.764. The summed E-state index contributed by atoms with van der Waals surface area (Å²) in [6.07, 6.45) is 2.92. The van der Waals surface area contributed by atoms with Gasteiger partial charge in [-0.05, 0) is 19.1 Å². The summed E-state index contributed by atoms with van der Waals surface area (Å²) in [4.78, 5) is 15.3. The van der Waals surface area contributed by atoms with Crippen LogP contribution >= 0.6 is 0 Å². The molecule has 4 nitrogen and oxygen atoms in total. The van der Waals surface area contributed by atoms with Crippen LogP contribution in [0.1, 0.15) is 6.92 Å². The fourth-order valence-corrected chi connectivity index (χ4v) is 1.46. The first-order valence-electron chi connectivity index (χ1n) is 5.19. The monoisotopic (exact) mass is 228 g/mol. The number of carbonyl (C=O) groups excluding carboxylic acids is 1. The second-order valence-corrected chi connectivity index (χ2v) is 3.66. The Morgan fingerprint density at radius 3 is 2.65 bits per heavy atom. The molecular weight excluding hydrogens is 216 g/mol. The molecule has 0 aromatic heterocycles. The van der Waals surface area contributed by atoms with Crippen molar-refractivity contribution in [2.45, 2.75) is 6.92 Å². The minimum Gasteiger partial charge on any atom is -0.507 e. The van der Waals surface area contributed by atoms with Gasteiger partial charge in [-0.2, -0.15) is 0 Å². The van der Waals surface area contributed by atoms with Crippen molar-refractivity contribution >= 4 is 17.3 Å². The molecule has 1 amide bonds. The van der Waals surface area contributed by atoms with Gasteiger partial charge in [0.15, 0.2) is 0 Å². The first-order valence-corrected chi connectivity index (χ1v) is 5.19. The van der Waals surface area contributed by atoms with Crippen molar-refractivity contribution < 1.29 is 9.90 Å². The Bertz CT molecular complexity index is 528. The molecule has 0 radical (unpaired) electrons. The second-order valence-electron chi connectivity index (χ2n) is 3.66. The minimum absolute atomic E-state index is 0.0640. The molecule has 1 aromatic carbocycles. The summed E-state index contributed by atoms with van der Waals surface area (Å²) in [5, 5.41) is 12.6. The van der Waals surface area contributed by atoms with Crippen molar-refractivity contribution in [3.8, 4) is 0 Å². The lowest BCUT2D eigenvalue weighted by Crippen LogP contribution is -2.12. The van der Waals surface area contributed by atoms with Gasteiger partial charge in [0.1, 0.15) is 5.76 Å². The summed E-state index contributed by atoms with van der Waals surface area (Å²) in [5.41, 5.74) is 1.51. The molecule has 2 rings (SSSR count). The van der Waals surface area contributed by atoms with Crippen molar-refractivity contribution in [2.75, 3.05) is 5.32 Å². The highest BCUT2D eigenvalue weighted by Gasteiger charge is 2.17. The van der Waals surface area contributed by atoms with E-state index in [1.165, 1.54) is 12.3 Å². The topological polar surface area (TPSA) is 61.7 Å². The van der Waals surface area contributed by atoms with E-state index in [9.17, 15) is 9.90 Å². The average Bonchev–Trinajstić information content (AvgIpc) is 2.29. The molecule has 0 spiro atoms. The number of dihydropyridines is 1. The van der Waals surface area contributed by atoms with Gasteiger partial charge in [0.25, 0.3) is 5.91 Å². The molecule has 0 fully saturated rings. The Morgan fingerprint density at radius 2 is 2.00 bits per heavy atom. The molecule has 0 bridgehead atoms. The summed E-state index contributed by atoms with van der Waals surface area (Å²) in [7, 11) is 0. The van der Waals surface area contributed by atoms with Crippen LogP contribution in [0.15, 0.2) is 58.9 Å². The van der Waals surface area contributed by atoms with E-state index >= 15 is 0 Å². The number of carbonyl (C=O) groups is 1. The zero-order valence-corrected chi connectivity index (χ0v) is 9.34. The molecule has 0 unspecified atom stereocenters. The number of nitrogens with zero attached hydrogens (tertiary/aromatic N) is 1. The maximum Gasteiger partial charge on any atom is 0.282 e. The van der Waals surface area contributed by atoms with Crippen LogP contribution in [0, 0.1) is 0 Å². The van der Waals surface area contributed by atoms with E-state index in [1.54, 1.807) is 6.92 Å². The number of benzene rings is 1. The maximum atomic E-state index is 11.5. The molecule has 4 heteroatoms. The van der Waals surface area contributed by atoms with Crippen molar-refractivity contribution in [1.29, 1.82) is 0 Å². The van der Waals surface area contributed by atoms with Gasteiger partial charge in [-0.1, -0.05) is 18.2 Å². The Kier molecular flexibility index (Phi) is 3.05. The highest BCUT2D eigenvalue weighted by atomic mass is 16.3. The van der Waals surface area contributed by atoms with Crippen LogP contribution in [0.4, 0.5) is 5.69 Å². The number of aliphatic imine (C=N–C) groups is 1. The fraction of sp³-hybridized carbons (Fsp3) is 0.0769. The zero-order valence-electron chi connectivity index (χ0n) is 9.34. The number of hydrogen-bond donors (Lipinski definition) is 2. The third-order valence-electron chi connectivity index (χ3n) is 2.29. The molecule has 0 saturated carbocycles. The van der Waals surface area contributed by atoms with Crippen LogP contribution in [-0.4, -0.2) is 16.7 Å². The van der Waals surface area contributed by atoms with Gasteiger partial charge in [0.05, 0.1) is 5.57 Å². The van der Waals surface area contributed by atoms with E-state index in [-0.39, 0.29) is 11.3 Å². The zero-order chi connectivity index (χ0) is 12.3. The van der Waals surface area contributed by atoms with Crippen molar-refractivity contribution in [2.24, 2.45) is 4.99 Å². The van der Waals surface area contributed by atoms with E-state index < -0.39 is 5.91 Å². The van der Waals surface area contributed by atoms with Crippen LogP contribution < -0.4 is 5.32 Å². The van der Waals surface area contributed by atoms with Crippen LogP contribution in [0.25, 0.3) is 0 Å². The third kappa shape index (κ3) is 2.60. The summed E-state index contributed by atoms with van der Waals surface area (Å²) < 4.78 is 0. The molecular formula is C13H12N2O2. The van der Waals surface area contributed by atoms with E-state index in [4.69, 9.17) is 0 Å². The molecule has 0 atom stereocenters. The maximum absolute atomic E-state index is 11.5. The van der Waals surface area contributed by atoms with Crippen LogP contribution in [-0.2, 0) is 4.79 Å². The van der Waals surface area contributed by atoms with Gasteiger partial charge in [-0.15, -0.1) is 0 Å². The molecule has 0 aliphatic carbocycles. The van der Waals surface area contributed by atoms with Crippen LogP contribution in [0.2, 0.25) is 0 Å². The van der Waals surface area contributed by atoms with E-state index in [0.717, 1.165) is 5.69 Å². The number of aliphatic hydroxyl groups is 1. The second kappa shape index (κ2) is 4.65. The van der Waals surface area contributed by atoms with Crippen molar-refractivity contribution in [3.05, 3.63) is 53.9 Å². The summed E-state index contributed by atoms with van der Waals surface area (Å²) >= 11 is 0. The van der Waals surface area contributed by atoms with Crippen molar-refractivity contribution in [3.63, 3.8) is 0 Å². The van der Waals surface area contributed by atoms with Gasteiger partial charge in [-0.25, -0.2) is 4.99 Å². The predicted octanol–water partition coefficient (Wildman–Crippen LogP) is 2.43. The first-order chi connectivity index (χ1) is 8.16. The molecule has 0 saturated heterocycles. The Labute approximate surface area is 99.0 Å². The van der Waals surface area contributed by atoms with Gasteiger partial charge < -0.3 is 10.4 Å². The molecule has 1 heterocycles. The van der Waals surface area contributed by atoms with Crippen molar-refractivity contribution in [1.82, 2.24) is 0 Å². The molecule has 86 valence electrons. The summed E-state index contributed by atoms with van der Waals surface area (Å²) in [6, 6.07) is 9.37. The number of aliphatic hydroxyl groups excluding tert-OH is 1. The highest BCUT2D eigenvalue weighted by Crippen LogP contribution is 2.15. The molecule has 17 heavy (non-hydrogen) atoms. The number of rotatable bonds is 2. The van der Waals surface area contributed by atoms with Gasteiger partial charge in [-0.3, -0.25) is 4.79 Å². The van der Waals surface area contributed by atoms with Gasteiger partial charge >= 0.3 is 0 Å². The van der Waals surface area contributed by atoms with Crippen LogP contribution in [0.5, 0.6) is 0 Å². The summed E-state index contributed by atoms with van der Waals surface area (Å²) in [6.45, 7) is 1.66. The highest BCUT2D eigenvalue weighted by molar-refractivity contribution is 6.12. The lowest BCUT2D eigenvalue weighted by atomic mass is 10.1. The van der Waals surface area contributed by atoms with Gasteiger partial charge in [0.2, 0.25) is 0 Å². The normalized spacial score (nSPS) is 17.7. The number of nitrogens with one attached hydrogen (secondary N) is 1. The molecule has 1 aliphatic heterocycles. The van der Waals surface area contributed by atoms with E-state index in [1.807, 2.05) is 30.3 Å². The Hall–Kier alpha value is -2.36. The number of anilines is 1. The Balaban J connectivity index is 2.19. The number of amides is 1. The van der Waals surface area contributed by atoms with Crippen LogP contribution in [0.3, 0.4) is 0 Å².